The quantitative estimate of drug-likeness (QED) is 0.869. The highest BCUT2D eigenvalue weighted by Crippen LogP contribution is 2.14. The first-order chi connectivity index (χ1) is 7.91. The molecule has 0 heterocycles. The van der Waals surface area contributed by atoms with Crippen LogP contribution in [-0.4, -0.2) is 28.4 Å². The zero-order chi connectivity index (χ0) is 13.0. The molecule has 0 fully saturated rings. The number of hydrogen-bond donors (Lipinski definition) is 1. The molecule has 5 heteroatoms. The molecule has 1 aromatic rings. The van der Waals surface area contributed by atoms with E-state index < -0.39 is 0 Å². The Balaban J connectivity index is 2.95. The predicted octanol–water partition coefficient (Wildman–Crippen LogP) is 2.59. The van der Waals surface area contributed by atoms with Gasteiger partial charge in [0.1, 0.15) is 0 Å². The standard InChI is InChI=1S/C12H15BrN2OS/c1-8(2)15(7-11(14)17)12(16)9-4-3-5-10(13)6-9/h3-6,8H,7H2,1-2H3,(H2,14,17). The number of carbonyl (C=O) groups excluding carboxylic acids is 1. The Morgan fingerprint density at radius 2 is 2.18 bits per heavy atom. The van der Waals surface area contributed by atoms with Gasteiger partial charge in [-0.25, -0.2) is 0 Å². The minimum atomic E-state index is -0.0610. The highest BCUT2D eigenvalue weighted by molar-refractivity contribution is 9.10. The third-order valence-corrected chi connectivity index (χ3v) is 2.90. The van der Waals surface area contributed by atoms with Crippen LogP contribution in [-0.2, 0) is 0 Å². The van der Waals surface area contributed by atoms with Crippen LogP contribution < -0.4 is 5.73 Å². The van der Waals surface area contributed by atoms with Crippen LogP contribution in [0.25, 0.3) is 0 Å². The SMILES string of the molecule is CC(C)N(CC(N)=S)C(=O)c1cccc(Br)c1. The van der Waals surface area contributed by atoms with E-state index in [0.29, 0.717) is 17.1 Å². The van der Waals surface area contributed by atoms with Crippen LogP contribution in [0.5, 0.6) is 0 Å². The largest absolute Gasteiger partial charge is 0.392 e. The van der Waals surface area contributed by atoms with Crippen LogP contribution in [0.4, 0.5) is 0 Å². The van der Waals surface area contributed by atoms with Crippen molar-refractivity contribution in [1.82, 2.24) is 4.90 Å². The van der Waals surface area contributed by atoms with Crippen molar-refractivity contribution in [2.75, 3.05) is 6.54 Å². The minimum Gasteiger partial charge on any atom is -0.392 e. The third kappa shape index (κ3) is 4.09. The molecular weight excluding hydrogens is 300 g/mol. The number of nitrogens with two attached hydrogens (primary N) is 1. The summed E-state index contributed by atoms with van der Waals surface area (Å²) < 4.78 is 0.877. The molecule has 0 saturated heterocycles. The van der Waals surface area contributed by atoms with Crippen molar-refractivity contribution in [1.29, 1.82) is 0 Å². The van der Waals surface area contributed by atoms with E-state index in [0.717, 1.165) is 4.47 Å². The lowest BCUT2D eigenvalue weighted by atomic mass is 10.1. The molecule has 1 aromatic carbocycles. The van der Waals surface area contributed by atoms with E-state index in [1.54, 1.807) is 17.0 Å². The lowest BCUT2D eigenvalue weighted by molar-refractivity contribution is 0.0736. The second-order valence-electron chi connectivity index (χ2n) is 4.00. The maximum absolute atomic E-state index is 12.3. The van der Waals surface area contributed by atoms with Gasteiger partial charge in [0.15, 0.2) is 0 Å². The van der Waals surface area contributed by atoms with Crippen molar-refractivity contribution in [2.45, 2.75) is 19.9 Å². The Bertz CT molecular complexity index is 434. The van der Waals surface area contributed by atoms with Gasteiger partial charge in [0.2, 0.25) is 0 Å². The van der Waals surface area contributed by atoms with Crippen molar-refractivity contribution in [3.8, 4) is 0 Å². The average Bonchev–Trinajstić information content (AvgIpc) is 2.24. The third-order valence-electron chi connectivity index (χ3n) is 2.28. The summed E-state index contributed by atoms with van der Waals surface area (Å²) in [7, 11) is 0. The fraction of sp³-hybridized carbons (Fsp3) is 0.333. The zero-order valence-electron chi connectivity index (χ0n) is 9.81. The predicted molar refractivity (Wildman–Crippen MR) is 77.1 cm³/mol. The summed E-state index contributed by atoms with van der Waals surface area (Å²) in [6, 6.07) is 7.34. The van der Waals surface area contributed by atoms with E-state index in [1.807, 2.05) is 26.0 Å². The van der Waals surface area contributed by atoms with E-state index in [9.17, 15) is 4.79 Å². The topological polar surface area (TPSA) is 46.3 Å². The molecule has 0 saturated carbocycles. The van der Waals surface area contributed by atoms with Gasteiger partial charge in [-0.15, -0.1) is 0 Å². The molecule has 0 aromatic heterocycles. The van der Waals surface area contributed by atoms with Gasteiger partial charge in [-0.3, -0.25) is 4.79 Å². The molecule has 0 radical (unpaired) electrons. The summed E-state index contributed by atoms with van der Waals surface area (Å²) >= 11 is 8.21. The van der Waals surface area contributed by atoms with Gasteiger partial charge in [0.25, 0.3) is 5.91 Å². The number of nitrogens with zero attached hydrogens (tertiary/aromatic N) is 1. The fourth-order valence-electron chi connectivity index (χ4n) is 1.44. The first-order valence-electron chi connectivity index (χ1n) is 5.26. The fourth-order valence-corrected chi connectivity index (χ4v) is 1.98. The van der Waals surface area contributed by atoms with Crippen LogP contribution in [0, 0.1) is 0 Å². The van der Waals surface area contributed by atoms with Crippen molar-refractivity contribution in [2.24, 2.45) is 5.73 Å². The lowest BCUT2D eigenvalue weighted by Crippen LogP contribution is -2.42. The molecule has 0 spiro atoms. The number of amides is 1. The summed E-state index contributed by atoms with van der Waals surface area (Å²) in [6.07, 6.45) is 0. The molecule has 17 heavy (non-hydrogen) atoms. The van der Waals surface area contributed by atoms with Gasteiger partial charge in [0.05, 0.1) is 11.5 Å². The average molecular weight is 315 g/mol. The first kappa shape index (κ1) is 14.1. The van der Waals surface area contributed by atoms with Crippen molar-refractivity contribution < 1.29 is 4.79 Å². The number of thiocarbonyl (C=S) groups is 1. The second-order valence-corrected chi connectivity index (χ2v) is 5.44. The molecule has 0 bridgehead atoms. The molecule has 1 rings (SSSR count). The van der Waals surface area contributed by atoms with Crippen LogP contribution >= 0.6 is 28.1 Å². The van der Waals surface area contributed by atoms with Gasteiger partial charge >= 0.3 is 0 Å². The monoisotopic (exact) mass is 314 g/mol. The smallest absolute Gasteiger partial charge is 0.254 e. The van der Waals surface area contributed by atoms with E-state index >= 15 is 0 Å². The summed E-state index contributed by atoms with van der Waals surface area (Å²) in [5.74, 6) is -0.0610. The van der Waals surface area contributed by atoms with E-state index in [1.165, 1.54) is 0 Å². The van der Waals surface area contributed by atoms with E-state index in [4.69, 9.17) is 18.0 Å². The van der Waals surface area contributed by atoms with Crippen molar-refractivity contribution in [3.63, 3.8) is 0 Å². The van der Waals surface area contributed by atoms with Crippen molar-refractivity contribution in [3.05, 3.63) is 34.3 Å². The molecule has 0 atom stereocenters. The van der Waals surface area contributed by atoms with Crippen LogP contribution in [0.2, 0.25) is 0 Å². The van der Waals surface area contributed by atoms with Crippen molar-refractivity contribution >= 4 is 39.0 Å². The van der Waals surface area contributed by atoms with E-state index in [2.05, 4.69) is 15.9 Å². The highest BCUT2D eigenvalue weighted by atomic mass is 79.9. The molecule has 0 aliphatic heterocycles. The first-order valence-corrected chi connectivity index (χ1v) is 6.46. The number of carbonyl (C=O) groups is 1. The number of rotatable bonds is 4. The summed E-state index contributed by atoms with van der Waals surface area (Å²) in [5, 5.41) is 0. The molecular formula is C12H15BrN2OS. The molecule has 0 unspecified atom stereocenters. The molecule has 0 aliphatic rings. The lowest BCUT2D eigenvalue weighted by Gasteiger charge is -2.26. The molecule has 92 valence electrons. The van der Waals surface area contributed by atoms with Gasteiger partial charge in [-0.1, -0.05) is 34.2 Å². The van der Waals surface area contributed by atoms with Gasteiger partial charge in [-0.05, 0) is 32.0 Å². The van der Waals surface area contributed by atoms with E-state index in [-0.39, 0.29) is 11.9 Å². The van der Waals surface area contributed by atoms with Gasteiger partial charge < -0.3 is 10.6 Å². The minimum absolute atomic E-state index is 0.0583. The van der Waals surface area contributed by atoms with Crippen LogP contribution in [0.3, 0.4) is 0 Å². The number of benzene rings is 1. The maximum atomic E-state index is 12.3. The summed E-state index contributed by atoms with van der Waals surface area (Å²) in [6.45, 7) is 4.18. The second kappa shape index (κ2) is 6.12. The van der Waals surface area contributed by atoms with Gasteiger partial charge in [0, 0.05) is 16.1 Å². The Kier molecular flexibility index (Phi) is 5.08. The molecule has 0 aliphatic carbocycles. The molecule has 1 amide bonds. The number of halogens is 1. The zero-order valence-corrected chi connectivity index (χ0v) is 12.2. The summed E-state index contributed by atoms with van der Waals surface area (Å²) in [5.41, 5.74) is 6.13. The Morgan fingerprint density at radius 1 is 1.53 bits per heavy atom. The molecule has 2 N–H and O–H groups in total. The summed E-state index contributed by atoms with van der Waals surface area (Å²) in [4.78, 5) is 14.2. The highest BCUT2D eigenvalue weighted by Gasteiger charge is 2.19. The normalized spacial score (nSPS) is 10.4. The Morgan fingerprint density at radius 3 is 2.65 bits per heavy atom. The van der Waals surface area contributed by atoms with Crippen LogP contribution in [0.1, 0.15) is 24.2 Å². The van der Waals surface area contributed by atoms with Gasteiger partial charge in [-0.2, -0.15) is 0 Å². The maximum Gasteiger partial charge on any atom is 0.254 e. The Hall–Kier alpha value is -0.940. The Labute approximate surface area is 115 Å². The number of hydrogen-bond acceptors (Lipinski definition) is 2. The molecule has 3 nitrogen and oxygen atoms in total. The van der Waals surface area contributed by atoms with Crippen LogP contribution in [0.15, 0.2) is 28.7 Å².